The van der Waals surface area contributed by atoms with Crippen molar-refractivity contribution >= 4 is 51.4 Å². The van der Waals surface area contributed by atoms with Crippen LogP contribution < -0.4 is 10.3 Å². The van der Waals surface area contributed by atoms with Gasteiger partial charge in [-0.3, -0.25) is 14.2 Å². The van der Waals surface area contributed by atoms with Crippen LogP contribution in [-0.4, -0.2) is 28.2 Å². The van der Waals surface area contributed by atoms with Crippen molar-refractivity contribution in [3.8, 4) is 11.4 Å². The number of carbonyl (C=O) groups is 1. The molecule has 0 unspecified atom stereocenters. The molecule has 146 valence electrons. The number of hydrogen-bond acceptors (Lipinski definition) is 6. The summed E-state index contributed by atoms with van der Waals surface area (Å²) in [5, 5.41) is 0.953. The number of aromatic nitrogens is 2. The molecule has 8 heteroatoms. The minimum Gasteiger partial charge on any atom is -0.497 e. The summed E-state index contributed by atoms with van der Waals surface area (Å²) in [7, 11) is 1.57. The van der Waals surface area contributed by atoms with E-state index in [1.165, 1.54) is 27.7 Å². The Bertz CT molecular complexity index is 1270. The summed E-state index contributed by atoms with van der Waals surface area (Å²) in [6.07, 6.45) is 0. The molecule has 0 aliphatic rings. The van der Waals surface area contributed by atoms with Crippen LogP contribution in [0.15, 0.2) is 70.6 Å². The standard InChI is InChI=1S/C21H15ClN2O3S2/c1-27-14-6-4-5-13(11-14)24-20(26)15-7-2-3-8-16(15)23-21(24)28-12-17(25)18-9-10-19(22)29-18/h2-11H,12H2,1H3. The molecule has 0 atom stereocenters. The fourth-order valence-electron chi connectivity index (χ4n) is 2.85. The second-order valence-electron chi connectivity index (χ2n) is 6.07. The summed E-state index contributed by atoms with van der Waals surface area (Å²) in [5.41, 5.74) is 1.02. The highest BCUT2D eigenvalue weighted by molar-refractivity contribution is 7.99. The van der Waals surface area contributed by atoms with E-state index < -0.39 is 0 Å². The number of carbonyl (C=O) groups excluding carboxylic acids is 1. The number of fused-ring (bicyclic) bond motifs is 1. The number of halogens is 1. The molecular weight excluding hydrogens is 428 g/mol. The lowest BCUT2D eigenvalue weighted by Gasteiger charge is -2.13. The molecule has 5 nitrogen and oxygen atoms in total. The quantitative estimate of drug-likeness (QED) is 0.236. The lowest BCUT2D eigenvalue weighted by atomic mass is 10.2. The Labute approximate surface area is 179 Å². The maximum Gasteiger partial charge on any atom is 0.266 e. The summed E-state index contributed by atoms with van der Waals surface area (Å²) in [5.74, 6) is 0.709. The summed E-state index contributed by atoms with van der Waals surface area (Å²) in [4.78, 5) is 31.0. The van der Waals surface area contributed by atoms with E-state index in [1.807, 2.05) is 18.2 Å². The first-order chi connectivity index (χ1) is 14.1. The third kappa shape index (κ3) is 4.07. The van der Waals surface area contributed by atoms with E-state index in [0.717, 1.165) is 0 Å². The summed E-state index contributed by atoms with van der Waals surface area (Å²) >= 11 is 8.39. The zero-order valence-corrected chi connectivity index (χ0v) is 17.7. The van der Waals surface area contributed by atoms with E-state index in [0.29, 0.717) is 36.7 Å². The fourth-order valence-corrected chi connectivity index (χ4v) is 4.82. The molecule has 2 heterocycles. The van der Waals surface area contributed by atoms with E-state index >= 15 is 0 Å². The van der Waals surface area contributed by atoms with Crippen molar-refractivity contribution in [3.63, 3.8) is 0 Å². The predicted octanol–water partition coefficient (Wildman–Crippen LogP) is 5.08. The molecule has 0 amide bonds. The van der Waals surface area contributed by atoms with Crippen LogP contribution in [0.1, 0.15) is 9.67 Å². The minimum absolute atomic E-state index is 0.0634. The van der Waals surface area contributed by atoms with Gasteiger partial charge in [-0.1, -0.05) is 41.6 Å². The highest BCUT2D eigenvalue weighted by atomic mass is 35.5. The van der Waals surface area contributed by atoms with Gasteiger partial charge in [0.15, 0.2) is 10.9 Å². The van der Waals surface area contributed by atoms with Crippen LogP contribution in [0.5, 0.6) is 5.75 Å². The van der Waals surface area contributed by atoms with Gasteiger partial charge < -0.3 is 4.74 Å². The maximum atomic E-state index is 13.2. The third-order valence-electron chi connectivity index (χ3n) is 4.24. The molecule has 0 saturated carbocycles. The van der Waals surface area contributed by atoms with Crippen molar-refractivity contribution in [2.24, 2.45) is 0 Å². The molecule has 0 N–H and O–H groups in total. The summed E-state index contributed by atoms with van der Waals surface area (Å²) < 4.78 is 7.38. The van der Waals surface area contributed by atoms with E-state index in [9.17, 15) is 9.59 Å². The van der Waals surface area contributed by atoms with Crippen molar-refractivity contribution in [2.45, 2.75) is 5.16 Å². The Morgan fingerprint density at radius 2 is 2.00 bits per heavy atom. The first kappa shape index (κ1) is 19.7. The van der Waals surface area contributed by atoms with Crippen LogP contribution in [0.25, 0.3) is 16.6 Å². The molecule has 0 bridgehead atoms. The van der Waals surface area contributed by atoms with Gasteiger partial charge in [0.1, 0.15) is 5.75 Å². The van der Waals surface area contributed by atoms with Crippen LogP contribution >= 0.6 is 34.7 Å². The number of rotatable bonds is 6. The van der Waals surface area contributed by atoms with Crippen molar-refractivity contribution in [1.29, 1.82) is 0 Å². The van der Waals surface area contributed by atoms with Crippen molar-refractivity contribution in [3.05, 3.63) is 80.2 Å². The zero-order valence-electron chi connectivity index (χ0n) is 15.3. The molecule has 4 rings (SSSR count). The van der Waals surface area contributed by atoms with Crippen LogP contribution in [0.2, 0.25) is 4.34 Å². The van der Waals surface area contributed by atoms with E-state index in [2.05, 4.69) is 4.98 Å². The lowest BCUT2D eigenvalue weighted by molar-refractivity contribution is 0.102. The number of ether oxygens (including phenoxy) is 1. The maximum absolute atomic E-state index is 13.2. The van der Waals surface area contributed by atoms with Crippen molar-refractivity contribution in [2.75, 3.05) is 12.9 Å². The highest BCUT2D eigenvalue weighted by Crippen LogP contribution is 2.26. The van der Waals surface area contributed by atoms with Gasteiger partial charge in [0.05, 0.1) is 38.7 Å². The van der Waals surface area contributed by atoms with Gasteiger partial charge in [0.2, 0.25) is 0 Å². The molecule has 0 spiro atoms. The Morgan fingerprint density at radius 1 is 1.17 bits per heavy atom. The van der Waals surface area contributed by atoms with Gasteiger partial charge in [-0.25, -0.2) is 4.98 Å². The molecule has 0 aliphatic heterocycles. The normalized spacial score (nSPS) is 11.0. The van der Waals surface area contributed by atoms with Crippen LogP contribution in [0.4, 0.5) is 0 Å². The number of ketones is 1. The van der Waals surface area contributed by atoms with Crippen LogP contribution in [0, 0.1) is 0 Å². The second-order valence-corrected chi connectivity index (χ2v) is 8.73. The van der Waals surface area contributed by atoms with Gasteiger partial charge in [0, 0.05) is 6.07 Å². The molecule has 0 aliphatic carbocycles. The van der Waals surface area contributed by atoms with Gasteiger partial charge in [0.25, 0.3) is 5.56 Å². The molecule has 0 fully saturated rings. The van der Waals surface area contributed by atoms with Gasteiger partial charge in [-0.2, -0.15) is 0 Å². The van der Waals surface area contributed by atoms with E-state index in [1.54, 1.807) is 49.6 Å². The Kier molecular flexibility index (Phi) is 5.71. The Balaban J connectivity index is 1.79. The van der Waals surface area contributed by atoms with Crippen molar-refractivity contribution < 1.29 is 9.53 Å². The number of hydrogen-bond donors (Lipinski definition) is 0. The molecule has 0 radical (unpaired) electrons. The van der Waals surface area contributed by atoms with Gasteiger partial charge in [-0.15, -0.1) is 11.3 Å². The third-order valence-corrected chi connectivity index (χ3v) is 6.45. The molecule has 2 aromatic carbocycles. The average Bonchev–Trinajstić information content (AvgIpc) is 3.18. The topological polar surface area (TPSA) is 61.2 Å². The average molecular weight is 443 g/mol. The Morgan fingerprint density at radius 3 is 2.76 bits per heavy atom. The molecule has 4 aromatic rings. The molecule has 2 aromatic heterocycles. The smallest absolute Gasteiger partial charge is 0.266 e. The van der Waals surface area contributed by atoms with E-state index in [4.69, 9.17) is 16.3 Å². The SMILES string of the molecule is COc1cccc(-n2c(SCC(=O)c3ccc(Cl)s3)nc3ccccc3c2=O)c1. The monoisotopic (exact) mass is 442 g/mol. The van der Waals surface area contributed by atoms with Crippen LogP contribution in [0.3, 0.4) is 0 Å². The number of para-hydroxylation sites is 1. The summed E-state index contributed by atoms with van der Waals surface area (Å²) in [6, 6.07) is 17.8. The van der Waals surface area contributed by atoms with Gasteiger partial charge in [-0.05, 0) is 36.4 Å². The highest BCUT2D eigenvalue weighted by Gasteiger charge is 2.16. The van der Waals surface area contributed by atoms with Crippen LogP contribution in [-0.2, 0) is 0 Å². The Hall–Kier alpha value is -2.61. The lowest BCUT2D eigenvalue weighted by Crippen LogP contribution is -2.22. The number of thioether (sulfide) groups is 1. The zero-order chi connectivity index (χ0) is 20.4. The summed E-state index contributed by atoms with van der Waals surface area (Å²) in [6.45, 7) is 0. The number of nitrogens with zero attached hydrogens (tertiary/aromatic N) is 2. The molecule has 0 saturated heterocycles. The first-order valence-corrected chi connectivity index (χ1v) is 10.8. The minimum atomic E-state index is -0.196. The van der Waals surface area contributed by atoms with Crippen molar-refractivity contribution in [1.82, 2.24) is 9.55 Å². The second kappa shape index (κ2) is 8.41. The van der Waals surface area contributed by atoms with Gasteiger partial charge >= 0.3 is 0 Å². The fraction of sp³-hybridized carbons (Fsp3) is 0.0952. The number of benzene rings is 2. The molecular formula is C21H15ClN2O3S2. The predicted molar refractivity (Wildman–Crippen MR) is 118 cm³/mol. The first-order valence-electron chi connectivity index (χ1n) is 8.64. The van der Waals surface area contributed by atoms with E-state index in [-0.39, 0.29) is 17.1 Å². The largest absolute Gasteiger partial charge is 0.497 e. The molecule has 29 heavy (non-hydrogen) atoms. The number of methoxy groups -OCH3 is 1. The number of Topliss-reactive ketones (excluding diaryl/α,β-unsaturated/α-hetero) is 1. The number of thiophene rings is 1.